The monoisotopic (exact) mass is 436 g/mol. The number of hydrogen-bond donors (Lipinski definition) is 2. The molecule has 1 saturated carbocycles. The van der Waals surface area contributed by atoms with Gasteiger partial charge in [-0.3, -0.25) is 0 Å². The molecule has 0 bridgehead atoms. The molecule has 0 unspecified atom stereocenters. The van der Waals surface area contributed by atoms with Gasteiger partial charge in [0.05, 0.1) is 16.9 Å². The molecular weight excluding hydrogens is 412 g/mol. The molecule has 1 aliphatic rings. The second kappa shape index (κ2) is 8.06. The number of nitrogens with zero attached hydrogens (tertiary/aromatic N) is 3. The summed E-state index contributed by atoms with van der Waals surface area (Å²) in [5.41, 5.74) is 6.42. The van der Waals surface area contributed by atoms with E-state index in [4.69, 9.17) is 10.1 Å². The lowest BCUT2D eigenvalue weighted by atomic mass is 9.72. The number of benzene rings is 2. The number of nitrogens with one attached hydrogen (secondary N) is 1. The van der Waals surface area contributed by atoms with E-state index in [-0.39, 0.29) is 0 Å². The van der Waals surface area contributed by atoms with Crippen molar-refractivity contribution in [1.82, 2.24) is 19.9 Å². The van der Waals surface area contributed by atoms with Crippen LogP contribution in [0.15, 0.2) is 73.8 Å². The van der Waals surface area contributed by atoms with Crippen molar-refractivity contribution >= 4 is 23.9 Å². The Morgan fingerprint density at radius 3 is 2.33 bits per heavy atom. The van der Waals surface area contributed by atoms with Crippen LogP contribution in [0.2, 0.25) is 0 Å². The second-order valence-corrected chi connectivity index (χ2v) is 8.29. The Hall–Kier alpha value is -4.19. The SMILES string of the molecule is C=Cc1cc(C=C)c2nc(-c3ccc(C4(NC(=O)O)CCC4)cc3)c(-c3ccccc3)n2n1. The van der Waals surface area contributed by atoms with Crippen molar-refractivity contribution in [3.8, 4) is 22.5 Å². The maximum atomic E-state index is 11.3. The Morgan fingerprint density at radius 1 is 1.03 bits per heavy atom. The topological polar surface area (TPSA) is 79.5 Å². The third kappa shape index (κ3) is 3.49. The minimum atomic E-state index is -0.994. The minimum absolute atomic E-state index is 0.498. The van der Waals surface area contributed by atoms with E-state index in [9.17, 15) is 9.90 Å². The van der Waals surface area contributed by atoms with Crippen LogP contribution in [0, 0.1) is 0 Å². The Bertz CT molecular complexity index is 1370. The fraction of sp³-hybridized carbons (Fsp3) is 0.148. The smallest absolute Gasteiger partial charge is 0.405 e. The van der Waals surface area contributed by atoms with Gasteiger partial charge in [0, 0.05) is 16.7 Å². The zero-order chi connectivity index (χ0) is 23.0. The number of carbonyl (C=O) groups is 1. The summed E-state index contributed by atoms with van der Waals surface area (Å²) in [5.74, 6) is 0. The summed E-state index contributed by atoms with van der Waals surface area (Å²) in [4.78, 5) is 16.3. The van der Waals surface area contributed by atoms with Gasteiger partial charge < -0.3 is 10.4 Å². The van der Waals surface area contributed by atoms with Crippen LogP contribution >= 0.6 is 0 Å². The number of fused-ring (bicyclic) bond motifs is 1. The number of amides is 1. The van der Waals surface area contributed by atoms with Crippen LogP contribution in [0.3, 0.4) is 0 Å². The van der Waals surface area contributed by atoms with Crippen LogP contribution < -0.4 is 5.32 Å². The quantitative estimate of drug-likeness (QED) is 0.389. The zero-order valence-corrected chi connectivity index (χ0v) is 18.2. The van der Waals surface area contributed by atoms with Gasteiger partial charge in [-0.25, -0.2) is 14.3 Å². The van der Waals surface area contributed by atoms with E-state index in [1.54, 1.807) is 12.2 Å². The maximum absolute atomic E-state index is 11.3. The first-order valence-electron chi connectivity index (χ1n) is 10.9. The van der Waals surface area contributed by atoms with Gasteiger partial charge in [-0.1, -0.05) is 73.8 Å². The molecular formula is C27H24N4O2. The molecule has 0 aliphatic heterocycles. The predicted molar refractivity (Wildman–Crippen MR) is 131 cm³/mol. The molecule has 2 aromatic heterocycles. The Labute approximate surface area is 191 Å². The summed E-state index contributed by atoms with van der Waals surface area (Å²) in [6.07, 6.45) is 5.11. The molecule has 164 valence electrons. The van der Waals surface area contributed by atoms with Gasteiger partial charge in [0.25, 0.3) is 0 Å². The van der Waals surface area contributed by atoms with Crippen LogP contribution in [0.1, 0.15) is 36.1 Å². The minimum Gasteiger partial charge on any atom is -0.465 e. The fourth-order valence-electron chi connectivity index (χ4n) is 4.54. The van der Waals surface area contributed by atoms with Gasteiger partial charge >= 0.3 is 6.09 Å². The third-order valence-electron chi connectivity index (χ3n) is 6.37. The first kappa shape index (κ1) is 20.7. The van der Waals surface area contributed by atoms with Crippen molar-refractivity contribution in [3.05, 3.63) is 90.6 Å². The van der Waals surface area contributed by atoms with Crippen molar-refractivity contribution in [2.45, 2.75) is 24.8 Å². The summed E-state index contributed by atoms with van der Waals surface area (Å²) in [5, 5.41) is 16.8. The Kier molecular flexibility index (Phi) is 5.05. The van der Waals surface area contributed by atoms with Gasteiger partial charge in [0.2, 0.25) is 0 Å². The molecule has 5 rings (SSSR count). The first-order valence-corrected chi connectivity index (χ1v) is 10.9. The normalized spacial score (nSPS) is 14.4. The van der Waals surface area contributed by atoms with E-state index in [1.165, 1.54) is 0 Å². The molecule has 1 aliphatic carbocycles. The van der Waals surface area contributed by atoms with E-state index < -0.39 is 11.6 Å². The Morgan fingerprint density at radius 2 is 1.76 bits per heavy atom. The molecule has 6 heteroatoms. The van der Waals surface area contributed by atoms with Crippen LogP contribution in [0.25, 0.3) is 40.3 Å². The largest absolute Gasteiger partial charge is 0.465 e. The number of rotatable bonds is 6. The van der Waals surface area contributed by atoms with Crippen molar-refractivity contribution in [1.29, 1.82) is 0 Å². The van der Waals surface area contributed by atoms with Crippen molar-refractivity contribution < 1.29 is 9.90 Å². The highest BCUT2D eigenvalue weighted by Crippen LogP contribution is 2.42. The molecule has 0 atom stereocenters. The van der Waals surface area contributed by atoms with Gasteiger partial charge in [-0.05, 0) is 37.0 Å². The molecule has 2 heterocycles. The standard InChI is InChI=1S/C27H24N4O2/c1-3-18-17-22(4-2)30-31-24(20-9-6-5-7-10-20)23(28-25(18)31)19-11-13-21(14-12-19)27(15-8-16-27)29-26(32)33/h3-7,9-14,17,29H,1-2,8,15-16H2,(H,32,33). The van der Waals surface area contributed by atoms with E-state index in [1.807, 2.05) is 65.2 Å². The Balaban J connectivity index is 1.69. The van der Waals surface area contributed by atoms with Crippen molar-refractivity contribution in [2.75, 3.05) is 0 Å². The number of imidazole rings is 1. The number of hydrogen-bond acceptors (Lipinski definition) is 3. The molecule has 0 radical (unpaired) electrons. The number of aromatic nitrogens is 3. The van der Waals surface area contributed by atoms with Crippen LogP contribution in [-0.2, 0) is 5.54 Å². The number of carboxylic acid groups (broad SMARTS) is 1. The highest BCUT2D eigenvalue weighted by atomic mass is 16.4. The van der Waals surface area contributed by atoms with Crippen LogP contribution in [-0.4, -0.2) is 25.8 Å². The van der Waals surface area contributed by atoms with Crippen LogP contribution in [0.4, 0.5) is 4.79 Å². The molecule has 2 N–H and O–H groups in total. The molecule has 2 aromatic carbocycles. The van der Waals surface area contributed by atoms with Gasteiger partial charge in [0.1, 0.15) is 5.69 Å². The zero-order valence-electron chi connectivity index (χ0n) is 18.2. The van der Waals surface area contributed by atoms with E-state index in [2.05, 4.69) is 18.5 Å². The third-order valence-corrected chi connectivity index (χ3v) is 6.37. The highest BCUT2D eigenvalue weighted by Gasteiger charge is 2.40. The lowest BCUT2D eigenvalue weighted by Crippen LogP contribution is -2.50. The van der Waals surface area contributed by atoms with Crippen molar-refractivity contribution in [2.24, 2.45) is 0 Å². The average molecular weight is 437 g/mol. The predicted octanol–water partition coefficient (Wildman–Crippen LogP) is 6.00. The molecule has 6 nitrogen and oxygen atoms in total. The summed E-state index contributed by atoms with van der Waals surface area (Å²) in [7, 11) is 0. The lowest BCUT2D eigenvalue weighted by molar-refractivity contribution is 0.144. The van der Waals surface area contributed by atoms with E-state index in [0.29, 0.717) is 0 Å². The molecule has 0 saturated heterocycles. The maximum Gasteiger partial charge on any atom is 0.405 e. The highest BCUT2D eigenvalue weighted by molar-refractivity contribution is 5.84. The average Bonchev–Trinajstić information content (AvgIpc) is 3.20. The second-order valence-electron chi connectivity index (χ2n) is 8.29. The van der Waals surface area contributed by atoms with Crippen molar-refractivity contribution in [3.63, 3.8) is 0 Å². The molecule has 4 aromatic rings. The summed E-state index contributed by atoms with van der Waals surface area (Å²) in [6, 6.07) is 20.0. The van der Waals surface area contributed by atoms with Gasteiger partial charge in [-0.2, -0.15) is 5.10 Å². The van der Waals surface area contributed by atoms with E-state index in [0.717, 1.165) is 64.2 Å². The molecule has 1 amide bonds. The molecule has 0 spiro atoms. The summed E-state index contributed by atoms with van der Waals surface area (Å²) in [6.45, 7) is 7.82. The first-order chi connectivity index (χ1) is 16.0. The fourth-order valence-corrected chi connectivity index (χ4v) is 4.54. The van der Waals surface area contributed by atoms with Gasteiger partial charge in [-0.15, -0.1) is 0 Å². The van der Waals surface area contributed by atoms with Gasteiger partial charge in [0.15, 0.2) is 5.65 Å². The summed E-state index contributed by atoms with van der Waals surface area (Å²) >= 11 is 0. The van der Waals surface area contributed by atoms with E-state index >= 15 is 0 Å². The molecule has 1 fully saturated rings. The van der Waals surface area contributed by atoms with Crippen LogP contribution in [0.5, 0.6) is 0 Å². The lowest BCUT2D eigenvalue weighted by Gasteiger charge is -2.42. The molecule has 33 heavy (non-hydrogen) atoms. The summed E-state index contributed by atoms with van der Waals surface area (Å²) < 4.78 is 1.85.